The van der Waals surface area contributed by atoms with Crippen LogP contribution in [0.4, 0.5) is 0 Å². The average molecular weight is 223 g/mol. The number of benzene rings is 1. The zero-order chi connectivity index (χ0) is 11.9. The normalized spacial score (nSPS) is 22.5. The van der Waals surface area contributed by atoms with Crippen molar-refractivity contribution in [3.8, 4) is 0 Å². The standard InChI is InChI=1S/C15H13NO/c1-15(11-5-3-2-4-6-11)9-14(17)12-10-16-8-7-13(12)15/h2-8,10H,9H2,1H3/t15-/m1/s1. The molecule has 0 aliphatic heterocycles. The molecule has 0 bridgehead atoms. The lowest BCUT2D eigenvalue weighted by atomic mass is 9.78. The topological polar surface area (TPSA) is 30.0 Å². The average Bonchev–Trinajstić information content (AvgIpc) is 2.65. The number of hydrogen-bond donors (Lipinski definition) is 0. The van der Waals surface area contributed by atoms with Gasteiger partial charge in [-0.2, -0.15) is 0 Å². The first-order valence-corrected chi connectivity index (χ1v) is 5.75. The number of fused-ring (bicyclic) bond motifs is 1. The van der Waals surface area contributed by atoms with Gasteiger partial charge in [0.2, 0.25) is 0 Å². The van der Waals surface area contributed by atoms with Gasteiger partial charge in [0, 0.05) is 29.8 Å². The van der Waals surface area contributed by atoms with Gasteiger partial charge in [0.15, 0.2) is 5.78 Å². The summed E-state index contributed by atoms with van der Waals surface area (Å²) in [6.07, 6.45) is 3.99. The Balaban J connectivity index is 2.21. The molecule has 0 N–H and O–H groups in total. The predicted octanol–water partition coefficient (Wildman–Crippen LogP) is 2.97. The maximum absolute atomic E-state index is 12.0. The zero-order valence-corrected chi connectivity index (χ0v) is 9.68. The summed E-state index contributed by atoms with van der Waals surface area (Å²) in [4.78, 5) is 16.1. The lowest BCUT2D eigenvalue weighted by molar-refractivity contribution is 0.0982. The van der Waals surface area contributed by atoms with E-state index < -0.39 is 0 Å². The highest BCUT2D eigenvalue weighted by molar-refractivity contribution is 6.02. The molecule has 0 fully saturated rings. The summed E-state index contributed by atoms with van der Waals surface area (Å²) >= 11 is 0. The van der Waals surface area contributed by atoms with Crippen LogP contribution in [0, 0.1) is 0 Å². The molecule has 0 saturated heterocycles. The van der Waals surface area contributed by atoms with Gasteiger partial charge in [0.1, 0.15) is 0 Å². The smallest absolute Gasteiger partial charge is 0.165 e. The van der Waals surface area contributed by atoms with Crippen LogP contribution in [0.5, 0.6) is 0 Å². The molecule has 0 amide bonds. The molecule has 2 aromatic rings. The van der Waals surface area contributed by atoms with Gasteiger partial charge in [-0.3, -0.25) is 9.78 Å². The first-order valence-electron chi connectivity index (χ1n) is 5.75. The second-order valence-corrected chi connectivity index (χ2v) is 4.72. The Kier molecular flexibility index (Phi) is 2.11. The van der Waals surface area contributed by atoms with Crippen LogP contribution in [-0.2, 0) is 5.41 Å². The van der Waals surface area contributed by atoms with E-state index in [1.807, 2.05) is 24.3 Å². The fourth-order valence-corrected chi connectivity index (χ4v) is 2.67. The lowest BCUT2D eigenvalue weighted by Crippen LogP contribution is -2.20. The van der Waals surface area contributed by atoms with Gasteiger partial charge >= 0.3 is 0 Å². The fraction of sp³-hybridized carbons (Fsp3) is 0.200. The molecule has 0 radical (unpaired) electrons. The summed E-state index contributed by atoms with van der Waals surface area (Å²) in [5, 5.41) is 0. The van der Waals surface area contributed by atoms with E-state index in [2.05, 4.69) is 24.0 Å². The maximum atomic E-state index is 12.0. The minimum Gasteiger partial charge on any atom is -0.294 e. The molecule has 0 saturated carbocycles. The molecule has 1 heterocycles. The third-order valence-corrected chi connectivity index (χ3v) is 3.64. The van der Waals surface area contributed by atoms with Gasteiger partial charge in [0.05, 0.1) is 0 Å². The molecular formula is C15H13NO. The molecule has 0 spiro atoms. The van der Waals surface area contributed by atoms with Crippen molar-refractivity contribution in [2.75, 3.05) is 0 Å². The van der Waals surface area contributed by atoms with Gasteiger partial charge in [-0.25, -0.2) is 0 Å². The van der Waals surface area contributed by atoms with E-state index >= 15 is 0 Å². The van der Waals surface area contributed by atoms with Gasteiger partial charge < -0.3 is 0 Å². The summed E-state index contributed by atoms with van der Waals surface area (Å²) in [6.45, 7) is 2.13. The molecule has 84 valence electrons. The number of aromatic nitrogens is 1. The monoisotopic (exact) mass is 223 g/mol. The molecule has 1 aromatic heterocycles. The Hall–Kier alpha value is -1.96. The van der Waals surface area contributed by atoms with E-state index in [1.165, 1.54) is 5.56 Å². The van der Waals surface area contributed by atoms with E-state index in [9.17, 15) is 4.79 Å². The molecule has 17 heavy (non-hydrogen) atoms. The molecule has 2 heteroatoms. The van der Waals surface area contributed by atoms with Crippen LogP contribution >= 0.6 is 0 Å². The third-order valence-electron chi connectivity index (χ3n) is 3.64. The number of ketones is 1. The Bertz CT molecular complexity index is 576. The quantitative estimate of drug-likeness (QED) is 0.744. The predicted molar refractivity (Wildman–Crippen MR) is 66.1 cm³/mol. The number of hydrogen-bond acceptors (Lipinski definition) is 2. The van der Waals surface area contributed by atoms with Gasteiger partial charge in [-0.15, -0.1) is 0 Å². The van der Waals surface area contributed by atoms with Crippen molar-refractivity contribution in [2.24, 2.45) is 0 Å². The SMILES string of the molecule is C[C@]1(c2ccccc2)CC(=O)c2cnccc21. The van der Waals surface area contributed by atoms with E-state index in [-0.39, 0.29) is 11.2 Å². The van der Waals surface area contributed by atoms with E-state index in [0.717, 1.165) is 11.1 Å². The van der Waals surface area contributed by atoms with Crippen molar-refractivity contribution in [3.05, 3.63) is 65.5 Å². The van der Waals surface area contributed by atoms with Crippen molar-refractivity contribution in [1.29, 1.82) is 0 Å². The summed E-state index contributed by atoms with van der Waals surface area (Å²) in [5.74, 6) is 0.194. The van der Waals surface area contributed by atoms with Crippen LogP contribution in [-0.4, -0.2) is 10.8 Å². The maximum Gasteiger partial charge on any atom is 0.165 e. The minimum atomic E-state index is -0.198. The highest BCUT2D eigenvalue weighted by atomic mass is 16.1. The Labute approximate surface area is 100 Å². The Morgan fingerprint density at radius 3 is 2.71 bits per heavy atom. The summed E-state index contributed by atoms with van der Waals surface area (Å²) in [7, 11) is 0. The van der Waals surface area contributed by atoms with Crippen LogP contribution in [0.1, 0.15) is 34.8 Å². The first-order chi connectivity index (χ1) is 8.22. The number of Topliss-reactive ketones (excluding diaryl/α,β-unsaturated/α-hetero) is 1. The third kappa shape index (κ3) is 1.41. The summed E-state index contributed by atoms with van der Waals surface area (Å²) < 4.78 is 0. The molecule has 1 atom stereocenters. The first kappa shape index (κ1) is 10.2. The number of pyridine rings is 1. The van der Waals surface area contributed by atoms with Crippen molar-refractivity contribution < 1.29 is 4.79 Å². The number of nitrogens with zero attached hydrogens (tertiary/aromatic N) is 1. The largest absolute Gasteiger partial charge is 0.294 e. The second-order valence-electron chi connectivity index (χ2n) is 4.72. The van der Waals surface area contributed by atoms with Crippen LogP contribution in [0.15, 0.2) is 48.8 Å². The Morgan fingerprint density at radius 2 is 1.94 bits per heavy atom. The number of carbonyl (C=O) groups is 1. The van der Waals surface area contributed by atoms with Crippen LogP contribution in [0.2, 0.25) is 0 Å². The molecule has 3 rings (SSSR count). The van der Waals surface area contributed by atoms with Crippen molar-refractivity contribution in [3.63, 3.8) is 0 Å². The van der Waals surface area contributed by atoms with Gasteiger partial charge in [-0.1, -0.05) is 37.3 Å². The summed E-state index contributed by atoms with van der Waals surface area (Å²) in [6, 6.07) is 12.2. The highest BCUT2D eigenvalue weighted by Gasteiger charge is 2.40. The second kappa shape index (κ2) is 3.52. The number of rotatable bonds is 1. The van der Waals surface area contributed by atoms with Crippen molar-refractivity contribution in [2.45, 2.75) is 18.8 Å². The van der Waals surface area contributed by atoms with E-state index in [0.29, 0.717) is 6.42 Å². The van der Waals surface area contributed by atoms with Gasteiger partial charge in [0.25, 0.3) is 0 Å². The minimum absolute atomic E-state index is 0.194. The summed E-state index contributed by atoms with van der Waals surface area (Å²) in [5.41, 5.74) is 2.87. The van der Waals surface area contributed by atoms with Crippen molar-refractivity contribution >= 4 is 5.78 Å². The molecule has 1 aliphatic carbocycles. The zero-order valence-electron chi connectivity index (χ0n) is 9.68. The highest BCUT2D eigenvalue weighted by Crippen LogP contribution is 2.43. The van der Waals surface area contributed by atoms with Crippen LogP contribution in [0.3, 0.4) is 0 Å². The van der Waals surface area contributed by atoms with Crippen LogP contribution in [0.25, 0.3) is 0 Å². The number of carbonyl (C=O) groups excluding carboxylic acids is 1. The van der Waals surface area contributed by atoms with Crippen LogP contribution < -0.4 is 0 Å². The Morgan fingerprint density at radius 1 is 1.18 bits per heavy atom. The molecule has 0 unspecified atom stereocenters. The van der Waals surface area contributed by atoms with E-state index in [1.54, 1.807) is 12.4 Å². The molecular weight excluding hydrogens is 210 g/mol. The fourth-order valence-electron chi connectivity index (χ4n) is 2.67. The molecule has 1 aromatic carbocycles. The van der Waals surface area contributed by atoms with Crippen molar-refractivity contribution in [1.82, 2.24) is 4.98 Å². The van der Waals surface area contributed by atoms with Gasteiger partial charge in [-0.05, 0) is 17.2 Å². The lowest BCUT2D eigenvalue weighted by Gasteiger charge is -2.25. The molecule has 1 aliphatic rings. The molecule has 2 nitrogen and oxygen atoms in total. The van der Waals surface area contributed by atoms with E-state index in [4.69, 9.17) is 0 Å².